The Kier molecular flexibility index (Phi) is 5.32. The van der Waals surface area contributed by atoms with Crippen molar-refractivity contribution in [2.45, 2.75) is 43.4 Å². The first-order valence-electron chi connectivity index (χ1n) is 11.1. The van der Waals surface area contributed by atoms with E-state index in [-0.39, 0.29) is 47.0 Å². The van der Waals surface area contributed by atoms with E-state index in [9.17, 15) is 22.0 Å². The molecule has 5 rings (SSSR count). The summed E-state index contributed by atoms with van der Waals surface area (Å²) in [5.74, 6) is -2.75. The molecule has 33 heavy (non-hydrogen) atoms. The molecule has 2 aromatic carbocycles. The number of alkyl halides is 1. The molecular weight excluding hydrogens is 453 g/mol. The predicted octanol–water partition coefficient (Wildman–Crippen LogP) is 3.75. The van der Waals surface area contributed by atoms with Gasteiger partial charge in [-0.1, -0.05) is 30.3 Å². The van der Waals surface area contributed by atoms with Gasteiger partial charge in [-0.15, -0.1) is 0 Å². The SMILES string of the molecule is CS(=O)(=O)N[C@H](C1CC1)[C@@H]1CCN1C(=O)[C@@H]1C[C@@]1(F)c1ccccc1-c1c(F)cccc1F. The Morgan fingerprint density at radius 1 is 1.09 bits per heavy atom. The number of likely N-dealkylation sites (tertiary alicyclic amines) is 1. The van der Waals surface area contributed by atoms with Crippen LogP contribution >= 0.6 is 0 Å². The molecule has 9 heteroatoms. The number of sulfonamides is 1. The molecule has 2 aromatic rings. The molecule has 1 N–H and O–H groups in total. The van der Waals surface area contributed by atoms with Crippen LogP contribution in [0.25, 0.3) is 11.1 Å². The third kappa shape index (κ3) is 4.05. The number of amides is 1. The monoisotopic (exact) mass is 478 g/mol. The van der Waals surface area contributed by atoms with Crippen molar-refractivity contribution >= 4 is 15.9 Å². The number of hydrogen-bond acceptors (Lipinski definition) is 3. The van der Waals surface area contributed by atoms with Crippen molar-refractivity contribution in [2.75, 3.05) is 12.8 Å². The minimum atomic E-state index is -3.45. The molecule has 0 aromatic heterocycles. The highest BCUT2D eigenvalue weighted by Gasteiger charge is 2.64. The molecule has 1 heterocycles. The number of rotatable bonds is 7. The van der Waals surface area contributed by atoms with E-state index in [0.29, 0.717) is 13.0 Å². The van der Waals surface area contributed by atoms with Crippen molar-refractivity contribution in [3.05, 3.63) is 59.7 Å². The van der Waals surface area contributed by atoms with Gasteiger partial charge >= 0.3 is 0 Å². The Labute approximate surface area is 191 Å². The number of nitrogens with one attached hydrogen (secondary N) is 1. The molecule has 0 radical (unpaired) electrons. The molecule has 3 aliphatic rings. The minimum absolute atomic E-state index is 0.0737. The van der Waals surface area contributed by atoms with Gasteiger partial charge in [-0.25, -0.2) is 26.3 Å². The van der Waals surface area contributed by atoms with Crippen LogP contribution in [-0.4, -0.2) is 44.1 Å². The average molecular weight is 479 g/mol. The van der Waals surface area contributed by atoms with E-state index >= 15 is 4.39 Å². The van der Waals surface area contributed by atoms with E-state index in [1.165, 1.54) is 18.2 Å². The van der Waals surface area contributed by atoms with E-state index in [4.69, 9.17) is 0 Å². The molecule has 2 aliphatic carbocycles. The Bertz CT molecular complexity index is 1200. The molecule has 5 nitrogen and oxygen atoms in total. The topological polar surface area (TPSA) is 66.5 Å². The van der Waals surface area contributed by atoms with Crippen LogP contribution < -0.4 is 4.72 Å². The maximum atomic E-state index is 16.0. The first-order valence-corrected chi connectivity index (χ1v) is 13.0. The summed E-state index contributed by atoms with van der Waals surface area (Å²) in [4.78, 5) is 14.8. The average Bonchev–Trinajstić information content (AvgIpc) is 3.62. The fourth-order valence-electron chi connectivity index (χ4n) is 5.08. The third-order valence-corrected chi connectivity index (χ3v) is 7.74. The number of carbonyl (C=O) groups is 1. The summed E-state index contributed by atoms with van der Waals surface area (Å²) in [6.07, 6.45) is 3.46. The van der Waals surface area contributed by atoms with Crippen LogP contribution in [0.5, 0.6) is 0 Å². The highest BCUT2D eigenvalue weighted by molar-refractivity contribution is 7.88. The van der Waals surface area contributed by atoms with Crippen LogP contribution in [0.3, 0.4) is 0 Å². The van der Waals surface area contributed by atoms with Gasteiger partial charge in [0.25, 0.3) is 0 Å². The molecule has 4 atom stereocenters. The van der Waals surface area contributed by atoms with Crippen molar-refractivity contribution in [3.63, 3.8) is 0 Å². The first-order chi connectivity index (χ1) is 15.6. The Hall–Kier alpha value is -2.39. The molecule has 3 fully saturated rings. The molecule has 1 aliphatic heterocycles. The summed E-state index contributed by atoms with van der Waals surface area (Å²) in [5.41, 5.74) is -2.14. The zero-order valence-corrected chi connectivity index (χ0v) is 18.9. The zero-order valence-electron chi connectivity index (χ0n) is 18.1. The van der Waals surface area contributed by atoms with Crippen molar-refractivity contribution in [1.29, 1.82) is 0 Å². The molecule has 0 bridgehead atoms. The Balaban J connectivity index is 1.40. The summed E-state index contributed by atoms with van der Waals surface area (Å²) in [7, 11) is -3.45. The van der Waals surface area contributed by atoms with Crippen LogP contribution in [0.15, 0.2) is 42.5 Å². The summed E-state index contributed by atoms with van der Waals surface area (Å²) >= 11 is 0. The quantitative estimate of drug-likeness (QED) is 0.659. The van der Waals surface area contributed by atoms with Crippen LogP contribution in [0, 0.1) is 23.5 Å². The zero-order chi connectivity index (χ0) is 23.5. The van der Waals surface area contributed by atoms with E-state index in [2.05, 4.69) is 4.72 Å². The van der Waals surface area contributed by atoms with E-state index in [1.807, 2.05) is 0 Å². The lowest BCUT2D eigenvalue weighted by Crippen LogP contribution is -2.62. The van der Waals surface area contributed by atoms with Gasteiger partial charge in [0.15, 0.2) is 0 Å². The van der Waals surface area contributed by atoms with Gasteiger partial charge in [0.05, 0.1) is 17.7 Å². The predicted molar refractivity (Wildman–Crippen MR) is 117 cm³/mol. The second-order valence-corrected chi connectivity index (χ2v) is 11.2. The maximum absolute atomic E-state index is 16.0. The summed E-state index contributed by atoms with van der Waals surface area (Å²) in [5, 5.41) is 0. The normalized spacial score (nSPS) is 27.7. The van der Waals surface area contributed by atoms with Crippen LogP contribution in [0.4, 0.5) is 13.2 Å². The molecule has 1 amide bonds. The summed E-state index contributed by atoms with van der Waals surface area (Å²) in [6, 6.07) is 8.91. The fraction of sp³-hybridized carbons (Fsp3) is 0.458. The number of halogens is 3. The van der Waals surface area contributed by atoms with Gasteiger partial charge in [-0.3, -0.25) is 4.79 Å². The smallest absolute Gasteiger partial charge is 0.229 e. The van der Waals surface area contributed by atoms with Crippen LogP contribution in [-0.2, 0) is 20.5 Å². The molecule has 1 saturated heterocycles. The second kappa shape index (κ2) is 7.84. The van der Waals surface area contributed by atoms with E-state index in [0.717, 1.165) is 31.2 Å². The van der Waals surface area contributed by atoms with E-state index in [1.54, 1.807) is 17.0 Å². The van der Waals surface area contributed by atoms with Crippen molar-refractivity contribution in [2.24, 2.45) is 11.8 Å². The first kappa shape index (κ1) is 22.4. The van der Waals surface area contributed by atoms with Crippen molar-refractivity contribution in [3.8, 4) is 11.1 Å². The number of hydrogen-bond donors (Lipinski definition) is 1. The summed E-state index contributed by atoms with van der Waals surface area (Å²) in [6.45, 7) is 0.439. The number of carbonyl (C=O) groups excluding carboxylic acids is 1. The third-order valence-electron chi connectivity index (χ3n) is 7.04. The molecule has 0 unspecified atom stereocenters. The second-order valence-electron chi connectivity index (χ2n) is 9.40. The highest BCUT2D eigenvalue weighted by Crippen LogP contribution is 2.59. The van der Waals surface area contributed by atoms with E-state index < -0.39 is 33.2 Å². The summed E-state index contributed by atoms with van der Waals surface area (Å²) < 4.78 is 71.2. The number of nitrogens with zero attached hydrogens (tertiary/aromatic N) is 1. The fourth-order valence-corrected chi connectivity index (χ4v) is 5.93. The van der Waals surface area contributed by atoms with Gasteiger partial charge in [-0.05, 0) is 48.4 Å². The van der Waals surface area contributed by atoms with Gasteiger partial charge in [-0.2, -0.15) is 0 Å². The van der Waals surface area contributed by atoms with Crippen LogP contribution in [0.1, 0.15) is 31.2 Å². The lowest BCUT2D eigenvalue weighted by atomic mass is 9.90. The molecule has 176 valence electrons. The maximum Gasteiger partial charge on any atom is 0.229 e. The van der Waals surface area contributed by atoms with Gasteiger partial charge in [0, 0.05) is 25.0 Å². The lowest BCUT2D eigenvalue weighted by molar-refractivity contribution is -0.142. The van der Waals surface area contributed by atoms with Crippen molar-refractivity contribution < 1.29 is 26.4 Å². The molecule has 0 spiro atoms. The number of benzene rings is 2. The Morgan fingerprint density at radius 2 is 1.76 bits per heavy atom. The minimum Gasteiger partial charge on any atom is -0.338 e. The standard InChI is InChI=1S/C24H25F3N2O3S/c1-33(31,32)28-22(14-9-10-14)20-11-12-29(20)23(30)17-13-24(17,27)16-6-3-2-5-15(16)21-18(25)7-4-8-19(21)26/h2-8,14,17,20,22,28H,9-13H2,1H3/t17-,20-,22+,24+/m0/s1. The van der Waals surface area contributed by atoms with Crippen LogP contribution in [0.2, 0.25) is 0 Å². The molecular formula is C24H25F3N2O3S. The largest absolute Gasteiger partial charge is 0.338 e. The van der Waals surface area contributed by atoms with Crippen molar-refractivity contribution in [1.82, 2.24) is 9.62 Å². The molecule has 2 saturated carbocycles. The van der Waals surface area contributed by atoms with Gasteiger partial charge < -0.3 is 4.90 Å². The Morgan fingerprint density at radius 3 is 2.33 bits per heavy atom. The van der Waals surface area contributed by atoms with Gasteiger partial charge in [0.2, 0.25) is 15.9 Å². The lowest BCUT2D eigenvalue weighted by Gasteiger charge is -2.46. The van der Waals surface area contributed by atoms with Gasteiger partial charge in [0.1, 0.15) is 17.3 Å². The highest BCUT2D eigenvalue weighted by atomic mass is 32.2.